The second-order valence-corrected chi connectivity index (χ2v) is 5.47. The molecule has 0 bridgehead atoms. The maximum absolute atomic E-state index is 12.0. The van der Waals surface area contributed by atoms with E-state index >= 15 is 0 Å². The summed E-state index contributed by atoms with van der Waals surface area (Å²) < 4.78 is 5.16. The summed E-state index contributed by atoms with van der Waals surface area (Å²) in [6.45, 7) is 3.08. The Kier molecular flexibility index (Phi) is 5.26. The van der Waals surface area contributed by atoms with E-state index in [1.54, 1.807) is 13.3 Å². The molecule has 0 saturated carbocycles. The van der Waals surface area contributed by atoms with Crippen molar-refractivity contribution in [2.75, 3.05) is 7.11 Å². The Morgan fingerprint density at radius 3 is 2.75 bits per heavy atom. The van der Waals surface area contributed by atoms with Gasteiger partial charge in [0.05, 0.1) is 17.8 Å². The third-order valence-electron chi connectivity index (χ3n) is 2.94. The molecular weight excluding hydrogens is 272 g/mol. The van der Waals surface area contributed by atoms with E-state index in [-0.39, 0.29) is 5.91 Å². The summed E-state index contributed by atoms with van der Waals surface area (Å²) in [5, 5.41) is 3.91. The summed E-state index contributed by atoms with van der Waals surface area (Å²) in [6.07, 6.45) is 2.49. The monoisotopic (exact) mass is 290 g/mol. The predicted octanol–water partition coefficient (Wildman–Crippen LogP) is 2.78. The van der Waals surface area contributed by atoms with E-state index < -0.39 is 0 Å². The van der Waals surface area contributed by atoms with Gasteiger partial charge in [-0.15, -0.1) is 11.3 Å². The van der Waals surface area contributed by atoms with Gasteiger partial charge in [0.1, 0.15) is 4.88 Å². The number of amides is 1. The van der Waals surface area contributed by atoms with Gasteiger partial charge in [-0.1, -0.05) is 31.2 Å². The summed E-state index contributed by atoms with van der Waals surface area (Å²) in [5.74, 6) is -0.0746. The number of hydrogen-bond acceptors (Lipinski definition) is 4. The fourth-order valence-electron chi connectivity index (χ4n) is 1.87. The van der Waals surface area contributed by atoms with Crippen molar-refractivity contribution in [3.05, 3.63) is 51.5 Å². The fourth-order valence-corrected chi connectivity index (χ4v) is 2.64. The molecule has 106 valence electrons. The van der Waals surface area contributed by atoms with Crippen molar-refractivity contribution in [3.8, 4) is 0 Å². The lowest BCUT2D eigenvalue weighted by atomic mass is 10.1. The van der Waals surface area contributed by atoms with Crippen molar-refractivity contribution in [1.29, 1.82) is 0 Å². The number of hydrogen-bond donors (Lipinski definition) is 1. The second kappa shape index (κ2) is 7.17. The van der Waals surface area contributed by atoms with Gasteiger partial charge in [-0.3, -0.25) is 4.79 Å². The summed E-state index contributed by atoms with van der Waals surface area (Å²) in [5.41, 5.74) is 2.16. The van der Waals surface area contributed by atoms with Crippen molar-refractivity contribution in [2.24, 2.45) is 0 Å². The number of methoxy groups -OCH3 is 1. The fraction of sp³-hybridized carbons (Fsp3) is 0.333. The number of rotatable bonds is 6. The number of carbonyl (C=O) groups excluding carboxylic acids is 1. The predicted molar refractivity (Wildman–Crippen MR) is 79.8 cm³/mol. The number of ether oxygens (including phenoxy) is 1. The summed E-state index contributed by atoms with van der Waals surface area (Å²) >= 11 is 1.44. The number of benzene rings is 1. The molecule has 0 aliphatic rings. The molecule has 1 amide bonds. The topological polar surface area (TPSA) is 51.2 Å². The van der Waals surface area contributed by atoms with E-state index in [2.05, 4.69) is 10.3 Å². The highest BCUT2D eigenvalue weighted by atomic mass is 32.1. The lowest BCUT2D eigenvalue weighted by Crippen LogP contribution is -2.22. The summed E-state index contributed by atoms with van der Waals surface area (Å²) in [4.78, 5) is 16.9. The van der Waals surface area contributed by atoms with Gasteiger partial charge in [0.15, 0.2) is 0 Å². The molecule has 2 rings (SSSR count). The first-order valence-electron chi connectivity index (χ1n) is 6.53. The van der Waals surface area contributed by atoms with E-state index in [0.717, 1.165) is 22.6 Å². The molecule has 0 saturated heterocycles. The Balaban J connectivity index is 1.99. The van der Waals surface area contributed by atoms with Crippen LogP contribution in [0.2, 0.25) is 0 Å². The van der Waals surface area contributed by atoms with E-state index in [1.807, 2.05) is 31.2 Å². The van der Waals surface area contributed by atoms with Crippen LogP contribution in [0, 0.1) is 0 Å². The van der Waals surface area contributed by atoms with Crippen molar-refractivity contribution < 1.29 is 9.53 Å². The molecule has 0 atom stereocenters. The average molecular weight is 290 g/mol. The highest BCUT2D eigenvalue weighted by Crippen LogP contribution is 2.14. The highest BCUT2D eigenvalue weighted by Gasteiger charge is 2.10. The number of nitrogens with one attached hydrogen (secondary N) is 1. The van der Waals surface area contributed by atoms with Crippen LogP contribution >= 0.6 is 11.3 Å². The van der Waals surface area contributed by atoms with E-state index in [0.29, 0.717) is 18.0 Å². The standard InChI is InChI=1S/C15H18N2O2S/c1-3-14-16-9-13(20-14)15(18)17-8-11-6-4-5-7-12(11)10-19-2/h4-7,9H,3,8,10H2,1-2H3,(H,17,18). The van der Waals surface area contributed by atoms with Crippen LogP contribution in [0.25, 0.3) is 0 Å². The normalized spacial score (nSPS) is 10.5. The van der Waals surface area contributed by atoms with Crippen molar-refractivity contribution in [3.63, 3.8) is 0 Å². The largest absolute Gasteiger partial charge is 0.380 e. The SMILES string of the molecule is CCc1ncc(C(=O)NCc2ccccc2COC)s1. The molecule has 20 heavy (non-hydrogen) atoms. The lowest BCUT2D eigenvalue weighted by Gasteiger charge is -2.09. The number of thiazole rings is 1. The van der Waals surface area contributed by atoms with Gasteiger partial charge in [-0.2, -0.15) is 0 Å². The van der Waals surface area contributed by atoms with Gasteiger partial charge in [-0.25, -0.2) is 4.98 Å². The molecular formula is C15H18N2O2S. The first-order chi connectivity index (χ1) is 9.74. The van der Waals surface area contributed by atoms with E-state index in [1.165, 1.54) is 11.3 Å². The molecule has 0 fully saturated rings. The molecule has 1 aromatic heterocycles. The molecule has 0 unspecified atom stereocenters. The minimum absolute atomic E-state index is 0.0746. The van der Waals surface area contributed by atoms with Crippen LogP contribution < -0.4 is 5.32 Å². The van der Waals surface area contributed by atoms with Gasteiger partial charge in [-0.05, 0) is 17.5 Å². The first-order valence-corrected chi connectivity index (χ1v) is 7.34. The van der Waals surface area contributed by atoms with Crippen molar-refractivity contribution in [2.45, 2.75) is 26.5 Å². The molecule has 0 aliphatic heterocycles. The van der Waals surface area contributed by atoms with Crippen LogP contribution in [-0.4, -0.2) is 18.0 Å². The van der Waals surface area contributed by atoms with Crippen LogP contribution in [0.3, 0.4) is 0 Å². The van der Waals surface area contributed by atoms with E-state index in [4.69, 9.17) is 4.74 Å². The second-order valence-electron chi connectivity index (χ2n) is 4.36. The molecule has 5 heteroatoms. The van der Waals surface area contributed by atoms with Crippen LogP contribution in [0.5, 0.6) is 0 Å². The number of carbonyl (C=O) groups is 1. The third-order valence-corrected chi connectivity index (χ3v) is 4.08. The first kappa shape index (κ1) is 14.7. The van der Waals surface area contributed by atoms with Crippen LogP contribution in [-0.2, 0) is 24.3 Å². The van der Waals surface area contributed by atoms with Crippen molar-refractivity contribution in [1.82, 2.24) is 10.3 Å². The Morgan fingerprint density at radius 1 is 1.35 bits per heavy atom. The molecule has 2 aromatic rings. The third kappa shape index (κ3) is 3.65. The maximum atomic E-state index is 12.0. The van der Waals surface area contributed by atoms with Gasteiger partial charge in [0, 0.05) is 13.7 Å². The maximum Gasteiger partial charge on any atom is 0.263 e. The molecule has 0 aliphatic carbocycles. The Bertz CT molecular complexity index is 581. The minimum atomic E-state index is -0.0746. The van der Waals surface area contributed by atoms with Crippen molar-refractivity contribution >= 4 is 17.2 Å². The van der Waals surface area contributed by atoms with Crippen LogP contribution in [0.1, 0.15) is 32.7 Å². The highest BCUT2D eigenvalue weighted by molar-refractivity contribution is 7.13. The smallest absolute Gasteiger partial charge is 0.263 e. The van der Waals surface area contributed by atoms with E-state index in [9.17, 15) is 4.79 Å². The average Bonchev–Trinajstić information content (AvgIpc) is 2.95. The zero-order valence-corrected chi connectivity index (χ0v) is 12.5. The van der Waals surface area contributed by atoms with Gasteiger partial charge >= 0.3 is 0 Å². The quantitative estimate of drug-likeness (QED) is 0.890. The van der Waals surface area contributed by atoms with Gasteiger partial charge < -0.3 is 10.1 Å². The molecule has 0 radical (unpaired) electrons. The zero-order chi connectivity index (χ0) is 14.4. The Labute approximate surface area is 122 Å². The zero-order valence-electron chi connectivity index (χ0n) is 11.7. The summed E-state index contributed by atoms with van der Waals surface area (Å²) in [7, 11) is 1.67. The Hall–Kier alpha value is -1.72. The molecule has 4 nitrogen and oxygen atoms in total. The summed E-state index contributed by atoms with van der Waals surface area (Å²) in [6, 6.07) is 7.94. The Morgan fingerprint density at radius 2 is 2.10 bits per heavy atom. The van der Waals surface area contributed by atoms with Gasteiger partial charge in [0.25, 0.3) is 5.91 Å². The van der Waals surface area contributed by atoms with Crippen LogP contribution in [0.15, 0.2) is 30.5 Å². The molecule has 0 spiro atoms. The lowest BCUT2D eigenvalue weighted by molar-refractivity contribution is 0.0954. The molecule has 1 heterocycles. The molecule has 1 N–H and O–H groups in total. The number of nitrogens with zero attached hydrogens (tertiary/aromatic N) is 1. The minimum Gasteiger partial charge on any atom is -0.380 e. The van der Waals surface area contributed by atoms with Gasteiger partial charge in [0.2, 0.25) is 0 Å². The molecule has 1 aromatic carbocycles. The number of aromatic nitrogens is 1. The number of aryl methyl sites for hydroxylation is 1. The van der Waals surface area contributed by atoms with Crippen LogP contribution in [0.4, 0.5) is 0 Å².